The van der Waals surface area contributed by atoms with Gasteiger partial charge in [0.05, 0.1) is 35.8 Å². The lowest BCUT2D eigenvalue weighted by atomic mass is 10.1. The SMILES string of the molecule is N#Cc1ccc(C(=O)Nc2ccc(Cn3nc(CC(=O)O)c4ccccc43)cn2)cc1. The Morgan fingerprint density at radius 2 is 1.84 bits per heavy atom. The molecule has 2 heterocycles. The molecule has 31 heavy (non-hydrogen) atoms. The van der Waals surface area contributed by atoms with Crippen LogP contribution in [0.1, 0.15) is 27.2 Å². The van der Waals surface area contributed by atoms with Crippen molar-refractivity contribution in [1.82, 2.24) is 14.8 Å². The van der Waals surface area contributed by atoms with Gasteiger partial charge < -0.3 is 10.4 Å². The van der Waals surface area contributed by atoms with Crippen molar-refractivity contribution in [3.05, 3.63) is 89.2 Å². The van der Waals surface area contributed by atoms with E-state index in [2.05, 4.69) is 15.4 Å². The van der Waals surface area contributed by atoms with Gasteiger partial charge in [0.1, 0.15) is 5.82 Å². The van der Waals surface area contributed by atoms with Crippen molar-refractivity contribution in [2.45, 2.75) is 13.0 Å². The minimum Gasteiger partial charge on any atom is -0.481 e. The molecule has 0 fully saturated rings. The molecule has 0 spiro atoms. The van der Waals surface area contributed by atoms with E-state index in [-0.39, 0.29) is 12.3 Å². The van der Waals surface area contributed by atoms with E-state index in [1.807, 2.05) is 36.4 Å². The number of benzene rings is 2. The fourth-order valence-corrected chi connectivity index (χ4v) is 3.24. The predicted octanol–water partition coefficient (Wildman–Crippen LogP) is 3.23. The topological polar surface area (TPSA) is 121 Å². The lowest BCUT2D eigenvalue weighted by Crippen LogP contribution is -2.13. The maximum atomic E-state index is 12.3. The van der Waals surface area contributed by atoms with Gasteiger partial charge in [-0.2, -0.15) is 10.4 Å². The molecule has 0 aliphatic rings. The van der Waals surface area contributed by atoms with Gasteiger partial charge in [-0.1, -0.05) is 24.3 Å². The average molecular weight is 411 g/mol. The third-order valence-corrected chi connectivity index (χ3v) is 4.73. The molecule has 1 amide bonds. The van der Waals surface area contributed by atoms with E-state index >= 15 is 0 Å². The van der Waals surface area contributed by atoms with Crippen LogP contribution in [-0.2, 0) is 17.8 Å². The van der Waals surface area contributed by atoms with E-state index in [1.54, 1.807) is 41.2 Å². The number of pyridine rings is 1. The third-order valence-electron chi connectivity index (χ3n) is 4.73. The highest BCUT2D eigenvalue weighted by molar-refractivity contribution is 6.03. The molecule has 0 saturated heterocycles. The van der Waals surface area contributed by atoms with Crippen molar-refractivity contribution in [2.75, 3.05) is 5.32 Å². The molecule has 0 unspecified atom stereocenters. The van der Waals surface area contributed by atoms with Gasteiger partial charge >= 0.3 is 5.97 Å². The number of aromatic nitrogens is 3. The van der Waals surface area contributed by atoms with E-state index in [1.165, 1.54) is 0 Å². The second-order valence-electron chi connectivity index (χ2n) is 6.89. The summed E-state index contributed by atoms with van der Waals surface area (Å²) >= 11 is 0. The third kappa shape index (κ3) is 4.41. The van der Waals surface area contributed by atoms with Crippen LogP contribution in [0.4, 0.5) is 5.82 Å². The van der Waals surface area contributed by atoms with Crippen LogP contribution in [0.5, 0.6) is 0 Å². The summed E-state index contributed by atoms with van der Waals surface area (Å²) in [6.45, 7) is 0.414. The van der Waals surface area contributed by atoms with Gasteiger partial charge in [-0.3, -0.25) is 14.3 Å². The van der Waals surface area contributed by atoms with Crippen LogP contribution in [0.3, 0.4) is 0 Å². The van der Waals surface area contributed by atoms with Crippen LogP contribution in [0.25, 0.3) is 10.9 Å². The first-order valence-electron chi connectivity index (χ1n) is 9.46. The summed E-state index contributed by atoms with van der Waals surface area (Å²) in [5.74, 6) is -0.851. The Kier molecular flexibility index (Phi) is 5.41. The number of carboxylic acids is 1. The molecule has 8 nitrogen and oxygen atoms in total. The second-order valence-corrected chi connectivity index (χ2v) is 6.89. The molecule has 2 aromatic carbocycles. The molecule has 8 heteroatoms. The molecule has 4 rings (SSSR count). The first kappa shape index (κ1) is 19.8. The lowest BCUT2D eigenvalue weighted by Gasteiger charge is -2.07. The molecular formula is C23H17N5O3. The Hall–Kier alpha value is -4.51. The zero-order valence-electron chi connectivity index (χ0n) is 16.3. The molecule has 0 saturated carbocycles. The Morgan fingerprint density at radius 3 is 2.52 bits per heavy atom. The van der Waals surface area contributed by atoms with Crippen molar-refractivity contribution >= 4 is 28.6 Å². The fraction of sp³-hybridized carbons (Fsp3) is 0.0870. The molecule has 2 N–H and O–H groups in total. The lowest BCUT2D eigenvalue weighted by molar-refractivity contribution is -0.136. The zero-order chi connectivity index (χ0) is 21.8. The standard InChI is InChI=1S/C23H17N5O3/c24-12-15-5-8-17(9-6-15)23(31)26-21-10-7-16(13-25-21)14-28-20-4-2-1-3-18(20)19(27-28)11-22(29)30/h1-10,13H,11,14H2,(H,29,30)(H,25,26,31). The molecular weight excluding hydrogens is 394 g/mol. The minimum atomic E-state index is -0.931. The monoisotopic (exact) mass is 411 g/mol. The number of para-hydroxylation sites is 1. The number of hydrogen-bond acceptors (Lipinski definition) is 5. The average Bonchev–Trinajstić information content (AvgIpc) is 3.11. The number of nitriles is 1. The Balaban J connectivity index is 1.49. The summed E-state index contributed by atoms with van der Waals surface area (Å²) in [5.41, 5.74) is 3.13. The summed E-state index contributed by atoms with van der Waals surface area (Å²) in [4.78, 5) is 27.8. The first-order valence-corrected chi connectivity index (χ1v) is 9.46. The van der Waals surface area contributed by atoms with Crippen LogP contribution in [0.15, 0.2) is 66.9 Å². The highest BCUT2D eigenvalue weighted by atomic mass is 16.4. The zero-order valence-corrected chi connectivity index (χ0v) is 16.3. The molecule has 152 valence electrons. The summed E-state index contributed by atoms with van der Waals surface area (Å²) in [6, 6.07) is 19.4. The minimum absolute atomic E-state index is 0.147. The number of nitrogens with one attached hydrogen (secondary N) is 1. The molecule has 0 radical (unpaired) electrons. The predicted molar refractivity (Wildman–Crippen MR) is 114 cm³/mol. The first-order chi connectivity index (χ1) is 15.0. The molecule has 0 aliphatic heterocycles. The quantitative estimate of drug-likeness (QED) is 0.502. The van der Waals surface area contributed by atoms with E-state index in [0.29, 0.717) is 29.2 Å². The van der Waals surface area contributed by atoms with Gasteiger partial charge in [0.15, 0.2) is 0 Å². The number of nitrogens with zero attached hydrogens (tertiary/aromatic N) is 4. The van der Waals surface area contributed by atoms with Crippen molar-refractivity contribution in [3.8, 4) is 6.07 Å². The van der Waals surface area contributed by atoms with Crippen molar-refractivity contribution in [2.24, 2.45) is 0 Å². The number of rotatable bonds is 6. The van der Waals surface area contributed by atoms with Gasteiger partial charge in [0, 0.05) is 17.1 Å². The van der Waals surface area contributed by atoms with Gasteiger partial charge in [0.25, 0.3) is 5.91 Å². The molecule has 0 atom stereocenters. The van der Waals surface area contributed by atoms with Crippen LogP contribution in [0.2, 0.25) is 0 Å². The van der Waals surface area contributed by atoms with Crippen molar-refractivity contribution < 1.29 is 14.7 Å². The Morgan fingerprint density at radius 1 is 1.06 bits per heavy atom. The van der Waals surface area contributed by atoms with Gasteiger partial charge in [-0.15, -0.1) is 0 Å². The van der Waals surface area contributed by atoms with E-state index in [4.69, 9.17) is 10.4 Å². The largest absolute Gasteiger partial charge is 0.481 e. The second kappa shape index (κ2) is 8.47. The number of hydrogen-bond donors (Lipinski definition) is 2. The van der Waals surface area contributed by atoms with Crippen LogP contribution in [0, 0.1) is 11.3 Å². The van der Waals surface area contributed by atoms with Crippen LogP contribution in [-0.4, -0.2) is 31.7 Å². The van der Waals surface area contributed by atoms with E-state index < -0.39 is 5.97 Å². The maximum Gasteiger partial charge on any atom is 0.309 e. The summed E-state index contributed by atoms with van der Waals surface area (Å²) in [5, 5.41) is 26.0. The van der Waals surface area contributed by atoms with Crippen molar-refractivity contribution in [3.63, 3.8) is 0 Å². The smallest absolute Gasteiger partial charge is 0.309 e. The summed E-state index contributed by atoms with van der Waals surface area (Å²) in [7, 11) is 0. The number of carboxylic acid groups (broad SMARTS) is 1. The maximum absolute atomic E-state index is 12.3. The number of aliphatic carboxylic acids is 1. The van der Waals surface area contributed by atoms with Crippen LogP contribution >= 0.6 is 0 Å². The fourth-order valence-electron chi connectivity index (χ4n) is 3.24. The molecule has 0 aliphatic carbocycles. The summed E-state index contributed by atoms with van der Waals surface area (Å²) < 4.78 is 1.75. The number of fused-ring (bicyclic) bond motifs is 1. The van der Waals surface area contributed by atoms with Gasteiger partial charge in [-0.05, 0) is 42.0 Å². The number of carbonyl (C=O) groups is 2. The van der Waals surface area contributed by atoms with Gasteiger partial charge in [-0.25, -0.2) is 4.98 Å². The number of amides is 1. The number of carbonyl (C=O) groups excluding carboxylic acids is 1. The normalized spacial score (nSPS) is 10.5. The van der Waals surface area contributed by atoms with Gasteiger partial charge in [0.2, 0.25) is 0 Å². The van der Waals surface area contributed by atoms with Crippen molar-refractivity contribution in [1.29, 1.82) is 5.26 Å². The molecule has 0 bridgehead atoms. The summed E-state index contributed by atoms with van der Waals surface area (Å²) in [6.07, 6.45) is 1.49. The number of anilines is 1. The van der Waals surface area contributed by atoms with E-state index in [0.717, 1.165) is 16.5 Å². The molecule has 4 aromatic rings. The molecule has 2 aromatic heterocycles. The Bertz CT molecular complexity index is 1300. The van der Waals surface area contributed by atoms with Crippen LogP contribution < -0.4 is 5.32 Å². The highest BCUT2D eigenvalue weighted by Crippen LogP contribution is 2.20. The van der Waals surface area contributed by atoms with E-state index in [9.17, 15) is 9.59 Å². The highest BCUT2D eigenvalue weighted by Gasteiger charge is 2.13. The Labute approximate surface area is 177 Å².